The molecule has 0 saturated heterocycles. The summed E-state index contributed by atoms with van der Waals surface area (Å²) in [6.45, 7) is 7.52. The number of nitrogens with one attached hydrogen (secondary N) is 1. The molecule has 3 rings (SSSR count). The molecular formula is C24H30BFN2O6S. The van der Waals surface area contributed by atoms with Crippen LogP contribution >= 0.6 is 0 Å². The van der Waals surface area contributed by atoms with Crippen molar-refractivity contribution in [2.24, 2.45) is 5.92 Å². The number of carbonyl (C=O) groups is 1. The maximum absolute atomic E-state index is 13.5. The normalized spacial score (nSPS) is 12.3. The summed E-state index contributed by atoms with van der Waals surface area (Å²) in [5.41, 5.74) is 0.380. The third kappa shape index (κ3) is 5.37. The predicted molar refractivity (Wildman–Crippen MR) is 136 cm³/mol. The lowest BCUT2D eigenvalue weighted by Crippen LogP contribution is -2.46. The Balaban J connectivity index is 2.33. The first-order chi connectivity index (χ1) is 16.2. The molecule has 2 N–H and O–H groups in total. The number of amides is 1. The van der Waals surface area contributed by atoms with Crippen molar-refractivity contribution in [2.45, 2.75) is 33.3 Å². The molecule has 2 aromatic carbocycles. The zero-order chi connectivity index (χ0) is 26.3. The summed E-state index contributed by atoms with van der Waals surface area (Å²) in [4.78, 5) is 12.9. The van der Waals surface area contributed by atoms with Crippen molar-refractivity contribution in [2.75, 3.05) is 24.7 Å². The number of carbonyl (C=O) groups excluding carboxylic acids is 1. The van der Waals surface area contributed by atoms with Crippen molar-refractivity contribution >= 4 is 45.2 Å². The van der Waals surface area contributed by atoms with E-state index < -0.39 is 34.5 Å². The van der Waals surface area contributed by atoms with Crippen molar-refractivity contribution in [3.8, 4) is 11.3 Å². The van der Waals surface area contributed by atoms with Crippen LogP contribution < -0.4 is 15.1 Å². The Morgan fingerprint density at radius 2 is 1.83 bits per heavy atom. The maximum atomic E-state index is 13.5. The van der Waals surface area contributed by atoms with Crippen molar-refractivity contribution in [1.29, 1.82) is 0 Å². The number of halogens is 1. The molecule has 0 spiro atoms. The van der Waals surface area contributed by atoms with Crippen LogP contribution in [-0.2, 0) is 14.7 Å². The van der Waals surface area contributed by atoms with Gasteiger partial charge in [0, 0.05) is 36.6 Å². The molecular weight excluding hydrogens is 474 g/mol. The highest BCUT2D eigenvalue weighted by Gasteiger charge is 2.35. The van der Waals surface area contributed by atoms with Crippen LogP contribution in [0.3, 0.4) is 0 Å². The number of rotatable bonds is 8. The SMILES string of the molecule is CNC(=O)c1c(-c2ccc(F)cc2)oc2cc(N(C)S(C)(=O)=O)c(B(O)OC(C)(C)C(C)C)cc12. The van der Waals surface area contributed by atoms with E-state index >= 15 is 0 Å². The Labute approximate surface area is 205 Å². The van der Waals surface area contributed by atoms with Gasteiger partial charge >= 0.3 is 7.12 Å². The summed E-state index contributed by atoms with van der Waals surface area (Å²) in [7, 11) is -2.41. The van der Waals surface area contributed by atoms with Crippen molar-refractivity contribution in [3.63, 3.8) is 0 Å². The van der Waals surface area contributed by atoms with Crippen LogP contribution in [0.2, 0.25) is 0 Å². The van der Waals surface area contributed by atoms with Crippen LogP contribution in [0.25, 0.3) is 22.3 Å². The number of fused-ring (bicyclic) bond motifs is 1. The summed E-state index contributed by atoms with van der Waals surface area (Å²) < 4.78 is 51.2. The predicted octanol–water partition coefficient (Wildman–Crippen LogP) is 3.13. The van der Waals surface area contributed by atoms with Gasteiger partial charge in [0.2, 0.25) is 10.0 Å². The van der Waals surface area contributed by atoms with Gasteiger partial charge in [-0.3, -0.25) is 9.10 Å². The van der Waals surface area contributed by atoms with Gasteiger partial charge in [0.05, 0.1) is 23.1 Å². The van der Waals surface area contributed by atoms with Crippen LogP contribution in [0.1, 0.15) is 38.1 Å². The molecule has 0 aliphatic rings. The molecule has 1 aromatic heterocycles. The Kier molecular flexibility index (Phi) is 7.36. The van der Waals surface area contributed by atoms with E-state index in [1.165, 1.54) is 50.5 Å². The highest BCUT2D eigenvalue weighted by Crippen LogP contribution is 2.36. The first kappa shape index (κ1) is 26.7. The van der Waals surface area contributed by atoms with Crippen LogP contribution in [-0.4, -0.2) is 52.4 Å². The molecule has 188 valence electrons. The summed E-state index contributed by atoms with van der Waals surface area (Å²) in [5.74, 6) is -0.685. The Bertz CT molecular complexity index is 1350. The lowest BCUT2D eigenvalue weighted by Gasteiger charge is -2.32. The van der Waals surface area contributed by atoms with E-state index in [-0.39, 0.29) is 34.0 Å². The summed E-state index contributed by atoms with van der Waals surface area (Å²) >= 11 is 0. The molecule has 3 aromatic rings. The van der Waals surface area contributed by atoms with Gasteiger partial charge in [0.15, 0.2) is 0 Å². The van der Waals surface area contributed by atoms with Crippen LogP contribution in [0.5, 0.6) is 0 Å². The van der Waals surface area contributed by atoms with Crippen molar-refractivity contribution < 1.29 is 31.7 Å². The maximum Gasteiger partial charge on any atom is 0.493 e. The second-order valence-electron chi connectivity index (χ2n) is 9.26. The van der Waals surface area contributed by atoms with Gasteiger partial charge in [-0.05, 0) is 50.1 Å². The smallest absolute Gasteiger partial charge is 0.455 e. The number of furan rings is 1. The second kappa shape index (κ2) is 9.64. The molecule has 0 bridgehead atoms. The third-order valence-corrected chi connectivity index (χ3v) is 7.50. The van der Waals surface area contributed by atoms with Gasteiger partial charge in [-0.25, -0.2) is 12.8 Å². The first-order valence-corrected chi connectivity index (χ1v) is 12.9. The summed E-state index contributed by atoms with van der Waals surface area (Å²) in [5, 5.41) is 14.0. The van der Waals surface area contributed by atoms with Crippen LogP contribution in [0.15, 0.2) is 40.8 Å². The summed E-state index contributed by atoms with van der Waals surface area (Å²) in [6.07, 6.45) is 1.04. The minimum atomic E-state index is -3.72. The quantitative estimate of drug-likeness (QED) is 0.457. The monoisotopic (exact) mass is 504 g/mol. The number of hydrogen-bond donors (Lipinski definition) is 2. The fraction of sp³-hybridized carbons (Fsp3) is 0.375. The molecule has 1 heterocycles. The lowest BCUT2D eigenvalue weighted by molar-refractivity contribution is 0.0424. The molecule has 0 atom stereocenters. The van der Waals surface area contributed by atoms with Crippen molar-refractivity contribution in [3.05, 3.63) is 47.8 Å². The Morgan fingerprint density at radius 3 is 2.34 bits per heavy atom. The molecule has 0 aliphatic carbocycles. The molecule has 0 aliphatic heterocycles. The molecule has 1 amide bonds. The zero-order valence-corrected chi connectivity index (χ0v) is 21.7. The highest BCUT2D eigenvalue weighted by atomic mass is 32.2. The number of anilines is 1. The van der Waals surface area contributed by atoms with E-state index in [0.717, 1.165) is 10.6 Å². The number of sulfonamides is 1. The number of hydrogen-bond acceptors (Lipinski definition) is 6. The average molecular weight is 504 g/mol. The molecule has 11 heteroatoms. The largest absolute Gasteiger partial charge is 0.493 e. The van der Waals surface area contributed by atoms with E-state index in [9.17, 15) is 22.6 Å². The molecule has 0 unspecified atom stereocenters. The molecule has 0 radical (unpaired) electrons. The van der Waals surface area contributed by atoms with E-state index in [2.05, 4.69) is 5.32 Å². The van der Waals surface area contributed by atoms with Gasteiger partial charge in [0.25, 0.3) is 5.91 Å². The van der Waals surface area contributed by atoms with Gasteiger partial charge in [-0.1, -0.05) is 13.8 Å². The molecule has 0 fully saturated rings. The topological polar surface area (TPSA) is 109 Å². The van der Waals surface area contributed by atoms with Gasteiger partial charge in [0.1, 0.15) is 17.2 Å². The number of nitrogens with zero attached hydrogens (tertiary/aromatic N) is 1. The minimum Gasteiger partial charge on any atom is -0.455 e. The molecule has 35 heavy (non-hydrogen) atoms. The van der Waals surface area contributed by atoms with E-state index in [0.29, 0.717) is 10.9 Å². The first-order valence-electron chi connectivity index (χ1n) is 11.1. The summed E-state index contributed by atoms with van der Waals surface area (Å²) in [6, 6.07) is 8.39. The zero-order valence-electron chi connectivity index (χ0n) is 20.8. The number of benzene rings is 2. The standard InChI is InChI=1S/C24H30BFN2O6S/c1-14(2)24(3,4)34-25(30)18-12-17-20(13-19(18)28(6)35(7,31)32)33-22(21(17)23(29)27-5)15-8-10-16(26)11-9-15/h8-14,30H,1-7H3,(H,27,29). The van der Waals surface area contributed by atoms with E-state index in [1.54, 1.807) is 0 Å². The van der Waals surface area contributed by atoms with Gasteiger partial charge in [-0.15, -0.1) is 0 Å². The fourth-order valence-electron chi connectivity index (χ4n) is 3.44. The lowest BCUT2D eigenvalue weighted by atomic mass is 9.75. The molecule has 0 saturated carbocycles. The Hall–Kier alpha value is -2.89. The van der Waals surface area contributed by atoms with E-state index in [4.69, 9.17) is 9.07 Å². The highest BCUT2D eigenvalue weighted by molar-refractivity contribution is 7.92. The van der Waals surface area contributed by atoms with Gasteiger partial charge < -0.3 is 19.4 Å². The van der Waals surface area contributed by atoms with Crippen molar-refractivity contribution in [1.82, 2.24) is 5.32 Å². The van der Waals surface area contributed by atoms with Crippen LogP contribution in [0, 0.1) is 11.7 Å². The van der Waals surface area contributed by atoms with E-state index in [1.807, 2.05) is 27.7 Å². The van der Waals surface area contributed by atoms with Crippen LogP contribution in [0.4, 0.5) is 10.1 Å². The minimum absolute atomic E-state index is 0.0393. The van der Waals surface area contributed by atoms with Gasteiger partial charge in [-0.2, -0.15) is 0 Å². The fourth-order valence-corrected chi connectivity index (χ4v) is 3.96. The Morgan fingerprint density at radius 1 is 1.23 bits per heavy atom. The second-order valence-corrected chi connectivity index (χ2v) is 11.3. The molecule has 8 nitrogen and oxygen atoms in total. The average Bonchev–Trinajstić information content (AvgIpc) is 3.15. The third-order valence-electron chi connectivity index (χ3n) is 6.31.